The van der Waals surface area contributed by atoms with Crippen LogP contribution in [-0.4, -0.2) is 5.97 Å². The van der Waals surface area contributed by atoms with Gasteiger partial charge >= 0.3 is 5.97 Å². The molecule has 6 heteroatoms. The smallest absolute Gasteiger partial charge is 0.346 e. The maximum atomic E-state index is 15.0. The second-order valence-electron chi connectivity index (χ2n) is 8.40. The lowest BCUT2D eigenvalue weighted by molar-refractivity contribution is 0.0728. The van der Waals surface area contributed by atoms with Crippen molar-refractivity contribution in [2.24, 2.45) is 0 Å². The zero-order chi connectivity index (χ0) is 25.8. The van der Waals surface area contributed by atoms with E-state index in [1.54, 1.807) is 19.1 Å². The van der Waals surface area contributed by atoms with E-state index in [9.17, 15) is 22.4 Å². The van der Waals surface area contributed by atoms with Gasteiger partial charge in [-0.05, 0) is 53.3 Å². The van der Waals surface area contributed by atoms with Crippen LogP contribution in [0.4, 0.5) is 17.6 Å². The third kappa shape index (κ3) is 5.03. The zero-order valence-corrected chi connectivity index (χ0v) is 19.9. The molecule has 0 bridgehead atoms. The van der Waals surface area contributed by atoms with Gasteiger partial charge in [-0.25, -0.2) is 22.4 Å². The van der Waals surface area contributed by atoms with Crippen molar-refractivity contribution in [3.63, 3.8) is 0 Å². The average Bonchev–Trinajstić information content (AvgIpc) is 2.88. The minimum Gasteiger partial charge on any atom is -0.423 e. The van der Waals surface area contributed by atoms with E-state index in [2.05, 4.69) is 6.92 Å². The Labute approximate surface area is 207 Å². The first kappa shape index (κ1) is 25.2. The third-order valence-electron chi connectivity index (χ3n) is 6.02. The van der Waals surface area contributed by atoms with Gasteiger partial charge in [0.2, 0.25) is 0 Å². The van der Waals surface area contributed by atoms with Crippen LogP contribution in [0.15, 0.2) is 72.8 Å². The Morgan fingerprint density at radius 1 is 0.667 bits per heavy atom. The molecule has 0 spiro atoms. The van der Waals surface area contributed by atoms with Crippen LogP contribution in [0.25, 0.3) is 22.3 Å². The lowest BCUT2D eigenvalue weighted by Gasteiger charge is -2.11. The summed E-state index contributed by atoms with van der Waals surface area (Å²) in [6.45, 7) is 3.74. The lowest BCUT2D eigenvalue weighted by Crippen LogP contribution is -2.12. The number of hydrogen-bond donors (Lipinski definition) is 0. The molecule has 0 amide bonds. The summed E-state index contributed by atoms with van der Waals surface area (Å²) in [5.41, 5.74) is 1.90. The average molecular weight is 493 g/mol. The van der Waals surface area contributed by atoms with E-state index in [4.69, 9.17) is 4.74 Å². The summed E-state index contributed by atoms with van der Waals surface area (Å²) in [7, 11) is 0. The van der Waals surface area contributed by atoms with Gasteiger partial charge < -0.3 is 4.74 Å². The fourth-order valence-electron chi connectivity index (χ4n) is 4.02. The van der Waals surface area contributed by atoms with Crippen molar-refractivity contribution < 1.29 is 27.1 Å². The summed E-state index contributed by atoms with van der Waals surface area (Å²) < 4.78 is 63.3. The van der Waals surface area contributed by atoms with E-state index in [0.29, 0.717) is 11.1 Å². The zero-order valence-electron chi connectivity index (χ0n) is 19.9. The fourth-order valence-corrected chi connectivity index (χ4v) is 4.02. The lowest BCUT2D eigenvalue weighted by atomic mass is 9.97. The highest BCUT2D eigenvalue weighted by molar-refractivity contribution is 5.91. The van der Waals surface area contributed by atoms with Crippen molar-refractivity contribution in [1.29, 1.82) is 0 Å². The summed E-state index contributed by atoms with van der Waals surface area (Å²) in [6, 6.07) is 18.5. The number of carbonyl (C=O) groups excluding carboxylic acids is 1. The molecule has 0 unspecified atom stereocenters. The second kappa shape index (κ2) is 10.8. The van der Waals surface area contributed by atoms with E-state index in [1.165, 1.54) is 48.5 Å². The van der Waals surface area contributed by atoms with Gasteiger partial charge in [0.1, 0.15) is 5.75 Å². The van der Waals surface area contributed by atoms with Gasteiger partial charge in [0.15, 0.2) is 23.3 Å². The molecule has 0 saturated heterocycles. The predicted molar refractivity (Wildman–Crippen MR) is 132 cm³/mol. The molecule has 0 radical (unpaired) electrons. The first-order chi connectivity index (χ1) is 17.3. The molecule has 2 nitrogen and oxygen atoms in total. The highest BCUT2D eigenvalue weighted by Crippen LogP contribution is 2.32. The molecule has 4 aromatic carbocycles. The molecule has 0 aliphatic carbocycles. The number of rotatable bonds is 7. The molecule has 0 aliphatic heterocycles. The Balaban J connectivity index is 1.54. The van der Waals surface area contributed by atoms with Crippen molar-refractivity contribution in [2.45, 2.75) is 33.1 Å². The minimum atomic E-state index is -1.27. The molecule has 4 rings (SSSR count). The maximum Gasteiger partial charge on any atom is 0.346 e. The molecule has 36 heavy (non-hydrogen) atoms. The highest BCUT2D eigenvalue weighted by atomic mass is 19.2. The molecular formula is C30H24F4O2. The SMILES string of the molecule is CCCc1ccc(-c2ccc(-c3ccc(OC(=O)c4ccc(CC)c(F)c4F)cc3)c(F)c2F)cc1. The van der Waals surface area contributed by atoms with E-state index < -0.39 is 34.8 Å². The Morgan fingerprint density at radius 2 is 1.22 bits per heavy atom. The van der Waals surface area contributed by atoms with Crippen molar-refractivity contribution >= 4 is 5.97 Å². The normalized spacial score (nSPS) is 10.9. The van der Waals surface area contributed by atoms with Gasteiger partial charge in [0.05, 0.1) is 5.56 Å². The molecule has 184 valence electrons. The van der Waals surface area contributed by atoms with E-state index in [0.717, 1.165) is 18.4 Å². The molecular weight excluding hydrogens is 468 g/mol. The van der Waals surface area contributed by atoms with Crippen molar-refractivity contribution in [2.75, 3.05) is 0 Å². The number of aryl methyl sites for hydroxylation is 2. The molecule has 0 saturated carbocycles. The monoisotopic (exact) mass is 492 g/mol. The van der Waals surface area contributed by atoms with Crippen LogP contribution in [0.2, 0.25) is 0 Å². The molecule has 0 atom stereocenters. The molecule has 0 N–H and O–H groups in total. The molecule has 4 aromatic rings. The topological polar surface area (TPSA) is 26.3 Å². The minimum absolute atomic E-state index is 0.0417. The van der Waals surface area contributed by atoms with Gasteiger partial charge in [-0.2, -0.15) is 0 Å². The van der Waals surface area contributed by atoms with Crippen molar-refractivity contribution in [1.82, 2.24) is 0 Å². The summed E-state index contributed by atoms with van der Waals surface area (Å²) >= 11 is 0. The Kier molecular flexibility index (Phi) is 7.53. The summed E-state index contributed by atoms with van der Waals surface area (Å²) in [5.74, 6) is -5.32. The van der Waals surface area contributed by atoms with Gasteiger partial charge in [-0.1, -0.05) is 74.9 Å². The Bertz CT molecular complexity index is 1390. The van der Waals surface area contributed by atoms with Crippen LogP contribution < -0.4 is 4.74 Å². The fraction of sp³-hybridized carbons (Fsp3) is 0.167. The molecule has 0 fully saturated rings. The van der Waals surface area contributed by atoms with Crippen LogP contribution >= 0.6 is 0 Å². The summed E-state index contributed by atoms with van der Waals surface area (Å²) in [5, 5.41) is 0. The van der Waals surface area contributed by atoms with Crippen LogP contribution in [-0.2, 0) is 12.8 Å². The van der Waals surface area contributed by atoms with Crippen LogP contribution in [0.5, 0.6) is 5.75 Å². The Hall–Kier alpha value is -3.93. The quantitative estimate of drug-likeness (QED) is 0.147. The van der Waals surface area contributed by atoms with Crippen LogP contribution in [0.1, 0.15) is 41.8 Å². The molecule has 0 aromatic heterocycles. The van der Waals surface area contributed by atoms with Gasteiger partial charge in [0.25, 0.3) is 0 Å². The number of carbonyl (C=O) groups is 1. The predicted octanol–water partition coefficient (Wildman–Crippen LogP) is 8.31. The third-order valence-corrected chi connectivity index (χ3v) is 6.02. The first-order valence-corrected chi connectivity index (χ1v) is 11.7. The number of benzene rings is 4. The van der Waals surface area contributed by atoms with Crippen LogP contribution in [0, 0.1) is 23.3 Å². The Morgan fingerprint density at radius 3 is 1.75 bits per heavy atom. The molecule has 0 aliphatic rings. The first-order valence-electron chi connectivity index (χ1n) is 11.7. The maximum absolute atomic E-state index is 15.0. The number of ether oxygens (including phenoxy) is 1. The van der Waals surface area contributed by atoms with Crippen LogP contribution in [0.3, 0.4) is 0 Å². The van der Waals surface area contributed by atoms with E-state index in [1.807, 2.05) is 12.1 Å². The van der Waals surface area contributed by atoms with Crippen molar-refractivity contribution in [3.05, 3.63) is 113 Å². The van der Waals surface area contributed by atoms with Gasteiger partial charge in [-0.3, -0.25) is 0 Å². The van der Waals surface area contributed by atoms with Crippen molar-refractivity contribution in [3.8, 4) is 28.0 Å². The number of hydrogen-bond acceptors (Lipinski definition) is 2. The second-order valence-corrected chi connectivity index (χ2v) is 8.40. The van der Waals surface area contributed by atoms with Gasteiger partial charge in [0, 0.05) is 11.1 Å². The number of esters is 1. The largest absolute Gasteiger partial charge is 0.423 e. The van der Waals surface area contributed by atoms with Gasteiger partial charge in [-0.15, -0.1) is 0 Å². The summed E-state index contributed by atoms with van der Waals surface area (Å²) in [6.07, 6.45) is 2.19. The van der Waals surface area contributed by atoms with E-state index >= 15 is 0 Å². The summed E-state index contributed by atoms with van der Waals surface area (Å²) in [4.78, 5) is 12.3. The number of halogens is 4. The van der Waals surface area contributed by atoms with E-state index in [-0.39, 0.29) is 28.9 Å². The molecule has 0 heterocycles. The highest BCUT2D eigenvalue weighted by Gasteiger charge is 2.20. The standard InChI is InChI=1S/C30H24F4O2/c1-3-5-18-6-8-20(9-7-18)23-16-17-24(28(33)27(23)32)21-10-13-22(14-11-21)36-30(35)25-15-12-19(4-2)26(31)29(25)34/h6-17H,3-5H2,1-2H3.